The minimum absolute atomic E-state index is 0. The number of rotatable bonds is 12. The first-order valence-electron chi connectivity index (χ1n) is 7.58. The summed E-state index contributed by atoms with van der Waals surface area (Å²) in [6.45, 7) is 2.31. The van der Waals surface area contributed by atoms with Crippen molar-refractivity contribution in [3.05, 3.63) is 0 Å². The van der Waals surface area contributed by atoms with Crippen molar-refractivity contribution >= 4 is 11.9 Å². The largest absolute Gasteiger partial charge is 2.00 e. The molecule has 0 saturated carbocycles. The van der Waals surface area contributed by atoms with E-state index in [2.05, 4.69) is 17.0 Å². The van der Waals surface area contributed by atoms with Crippen LogP contribution in [0.2, 0.25) is 0 Å². The molecular formula is C15H29CdNO3+2. The molecule has 0 bridgehead atoms. The second kappa shape index (κ2) is 17.1. The first kappa shape index (κ1) is 22.3. The third-order valence-corrected chi connectivity index (χ3v) is 3.03. The Balaban J connectivity index is 0. The zero-order valence-electron chi connectivity index (χ0n) is 13.2. The van der Waals surface area contributed by atoms with Crippen LogP contribution in [0.4, 0.5) is 0 Å². The van der Waals surface area contributed by atoms with E-state index in [4.69, 9.17) is 0 Å². The van der Waals surface area contributed by atoms with Gasteiger partial charge in [0.1, 0.15) is 0 Å². The van der Waals surface area contributed by atoms with Crippen LogP contribution in [-0.2, 0) is 41.6 Å². The maximum absolute atomic E-state index is 11.3. The van der Waals surface area contributed by atoms with Crippen LogP contribution < -0.4 is 5.32 Å². The summed E-state index contributed by atoms with van der Waals surface area (Å²) in [5.74, 6) is -0.897. The normalized spacial score (nSPS) is 9.90. The van der Waals surface area contributed by atoms with Crippen molar-refractivity contribution in [2.45, 2.75) is 71.1 Å². The van der Waals surface area contributed by atoms with Crippen LogP contribution >= 0.6 is 0 Å². The van der Waals surface area contributed by atoms with Gasteiger partial charge in [0.15, 0.2) is 0 Å². The van der Waals surface area contributed by atoms with Gasteiger partial charge in [0.25, 0.3) is 0 Å². The fourth-order valence-electron chi connectivity index (χ4n) is 1.94. The van der Waals surface area contributed by atoms with E-state index in [-0.39, 0.29) is 33.8 Å². The second-order valence-electron chi connectivity index (χ2n) is 4.95. The molecule has 0 amide bonds. The molecule has 20 heavy (non-hydrogen) atoms. The molecule has 4 nitrogen and oxygen atoms in total. The molecular weight excluding hydrogens is 355 g/mol. The molecule has 0 aliphatic heterocycles. The number of ether oxygens (including phenoxy) is 1. The third-order valence-electron chi connectivity index (χ3n) is 3.03. The van der Waals surface area contributed by atoms with Crippen LogP contribution in [0.15, 0.2) is 0 Å². The van der Waals surface area contributed by atoms with Crippen molar-refractivity contribution in [3.8, 4) is 0 Å². The van der Waals surface area contributed by atoms with E-state index in [9.17, 15) is 9.59 Å². The summed E-state index contributed by atoms with van der Waals surface area (Å²) in [6, 6.07) is 0. The maximum atomic E-state index is 11.3. The molecule has 0 rings (SSSR count). The van der Waals surface area contributed by atoms with E-state index < -0.39 is 11.9 Å². The van der Waals surface area contributed by atoms with Gasteiger partial charge in [-0.3, -0.25) is 9.59 Å². The molecule has 0 aliphatic rings. The first-order chi connectivity index (χ1) is 9.20. The summed E-state index contributed by atoms with van der Waals surface area (Å²) in [4.78, 5) is 22.3. The van der Waals surface area contributed by atoms with Crippen molar-refractivity contribution < 1.29 is 41.6 Å². The van der Waals surface area contributed by atoms with Gasteiger partial charge in [-0.15, -0.1) is 0 Å². The van der Waals surface area contributed by atoms with Crippen molar-refractivity contribution in [3.63, 3.8) is 0 Å². The average Bonchev–Trinajstić information content (AvgIpc) is 2.37. The number of esters is 2. The second-order valence-corrected chi connectivity index (χ2v) is 4.95. The van der Waals surface area contributed by atoms with Gasteiger partial charge >= 0.3 is 39.2 Å². The predicted octanol–water partition coefficient (Wildman–Crippen LogP) is 3.19. The van der Waals surface area contributed by atoms with Gasteiger partial charge in [-0.25, -0.2) is 0 Å². The Morgan fingerprint density at radius 1 is 0.850 bits per heavy atom. The first-order valence-corrected chi connectivity index (χ1v) is 7.58. The summed E-state index contributed by atoms with van der Waals surface area (Å²) in [5.41, 5.74) is 0. The van der Waals surface area contributed by atoms with E-state index in [1.54, 1.807) is 7.05 Å². The number of hydrogen-bond acceptors (Lipinski definition) is 4. The Bertz CT molecular complexity index is 247. The van der Waals surface area contributed by atoms with Gasteiger partial charge in [-0.2, -0.15) is 0 Å². The van der Waals surface area contributed by atoms with Crippen LogP contribution in [0.25, 0.3) is 0 Å². The molecule has 0 aromatic rings. The molecule has 112 valence electrons. The van der Waals surface area contributed by atoms with Crippen LogP contribution in [-0.4, -0.2) is 25.5 Å². The third kappa shape index (κ3) is 16.1. The molecule has 0 spiro atoms. The monoisotopic (exact) mass is 385 g/mol. The smallest absolute Gasteiger partial charge is 0.392 e. The van der Waals surface area contributed by atoms with Crippen molar-refractivity contribution in [1.82, 2.24) is 5.32 Å². The van der Waals surface area contributed by atoms with Crippen molar-refractivity contribution in [1.29, 1.82) is 0 Å². The molecule has 0 atom stereocenters. The van der Waals surface area contributed by atoms with E-state index in [1.165, 1.54) is 44.9 Å². The van der Waals surface area contributed by atoms with E-state index >= 15 is 0 Å². The maximum Gasteiger partial charge on any atom is 2.00 e. The summed E-state index contributed by atoms with van der Waals surface area (Å²) in [7, 11) is 1.65. The van der Waals surface area contributed by atoms with Crippen LogP contribution in [0, 0.1) is 0 Å². The molecule has 0 aromatic heterocycles. The number of carbonyl (C=O) groups excluding carboxylic acids is 2. The molecule has 5 heteroatoms. The van der Waals surface area contributed by atoms with E-state index in [0.717, 1.165) is 12.8 Å². The zero-order chi connectivity index (χ0) is 14.3. The topological polar surface area (TPSA) is 55.4 Å². The van der Waals surface area contributed by atoms with Crippen LogP contribution in [0.3, 0.4) is 0 Å². The zero-order valence-corrected chi connectivity index (χ0v) is 17.2. The molecule has 0 aliphatic carbocycles. The van der Waals surface area contributed by atoms with Gasteiger partial charge < -0.3 is 10.1 Å². The SMILES string of the molecule is CCCCCCCCCCCC(=O)OC(=O)CNC.[Cd+2]. The fraction of sp³-hybridized carbons (Fsp3) is 0.867. The number of hydrogen-bond donors (Lipinski definition) is 1. The molecule has 0 fully saturated rings. The minimum Gasteiger partial charge on any atom is -0.392 e. The summed E-state index contributed by atoms with van der Waals surface area (Å²) in [6.07, 6.45) is 11.2. The van der Waals surface area contributed by atoms with Crippen LogP contribution in [0.1, 0.15) is 71.1 Å². The molecule has 0 radical (unpaired) electrons. The fourth-order valence-corrected chi connectivity index (χ4v) is 1.94. The minimum atomic E-state index is -0.497. The number of carbonyl (C=O) groups is 2. The Morgan fingerprint density at radius 3 is 1.85 bits per heavy atom. The predicted molar refractivity (Wildman–Crippen MR) is 76.9 cm³/mol. The molecule has 0 saturated heterocycles. The number of unbranched alkanes of at least 4 members (excludes halogenated alkanes) is 8. The van der Waals surface area contributed by atoms with Gasteiger partial charge in [-0.1, -0.05) is 58.3 Å². The summed E-state index contributed by atoms with van der Waals surface area (Å²) < 4.78 is 4.62. The van der Waals surface area contributed by atoms with Crippen LogP contribution in [0.5, 0.6) is 0 Å². The van der Waals surface area contributed by atoms with E-state index in [0.29, 0.717) is 6.42 Å². The van der Waals surface area contributed by atoms with Gasteiger partial charge in [-0.05, 0) is 13.5 Å². The summed E-state index contributed by atoms with van der Waals surface area (Å²) in [5, 5.41) is 2.65. The number of likely N-dealkylation sites (N-methyl/N-ethyl adjacent to an activating group) is 1. The van der Waals surface area contributed by atoms with Crippen molar-refractivity contribution in [2.24, 2.45) is 0 Å². The standard InChI is InChI=1S/C15H29NO3.Cd/c1-3-4-5-6-7-8-9-10-11-12-14(17)19-15(18)13-16-2;/h16H,3-13H2,1-2H3;/q;+2. The molecule has 0 aromatic carbocycles. The molecule has 0 heterocycles. The number of nitrogens with one attached hydrogen (secondary N) is 1. The Morgan fingerprint density at radius 2 is 1.35 bits per heavy atom. The van der Waals surface area contributed by atoms with E-state index in [1.807, 2.05) is 0 Å². The Labute approximate surface area is 143 Å². The summed E-state index contributed by atoms with van der Waals surface area (Å²) >= 11 is 0. The van der Waals surface area contributed by atoms with Gasteiger partial charge in [0.05, 0.1) is 6.54 Å². The Kier molecular flexibility index (Phi) is 19.0. The quantitative estimate of drug-likeness (QED) is 0.243. The van der Waals surface area contributed by atoms with Gasteiger partial charge in [0.2, 0.25) is 0 Å². The molecule has 0 unspecified atom stereocenters. The van der Waals surface area contributed by atoms with Crippen molar-refractivity contribution in [2.75, 3.05) is 13.6 Å². The molecule has 1 N–H and O–H groups in total. The Hall–Kier alpha value is 0.0221. The van der Waals surface area contributed by atoms with Gasteiger partial charge in [0, 0.05) is 6.42 Å². The average molecular weight is 384 g/mol.